The molecule has 3 unspecified atom stereocenters. The Labute approximate surface area is 152 Å². The van der Waals surface area contributed by atoms with E-state index < -0.39 is 0 Å². The van der Waals surface area contributed by atoms with Crippen LogP contribution in [0.1, 0.15) is 57.8 Å². The molecule has 1 rings (SSSR count). The van der Waals surface area contributed by atoms with Crippen LogP contribution >= 0.6 is 0 Å². The summed E-state index contributed by atoms with van der Waals surface area (Å²) >= 11 is 0. The summed E-state index contributed by atoms with van der Waals surface area (Å²) in [5, 5.41) is 0. The number of ether oxygens (including phenoxy) is 3. The van der Waals surface area contributed by atoms with Crippen molar-refractivity contribution in [2.45, 2.75) is 65.7 Å². The standard InChI is InChI=1S/C21H33NO3/c1-7-8-9-13-17(3)22-19(5)25-18(4)21(24-15-23-6)20-14-11-10-12-16(20)2/h7-8,10-12,14,17-18,21H,9,13,15H2,1-6H3. The number of benzene rings is 1. The van der Waals surface area contributed by atoms with Gasteiger partial charge in [0.25, 0.3) is 0 Å². The van der Waals surface area contributed by atoms with Crippen LogP contribution in [0.2, 0.25) is 0 Å². The maximum absolute atomic E-state index is 6.05. The number of allylic oxidation sites excluding steroid dienone is 2. The van der Waals surface area contributed by atoms with Crippen LogP contribution in [0.15, 0.2) is 41.4 Å². The Bertz CT molecular complexity index is 554. The van der Waals surface area contributed by atoms with Crippen LogP contribution in [0.3, 0.4) is 0 Å². The van der Waals surface area contributed by atoms with Gasteiger partial charge in [0.05, 0.1) is 6.04 Å². The molecule has 0 saturated heterocycles. The second-order valence-electron chi connectivity index (χ2n) is 6.32. The molecular weight excluding hydrogens is 314 g/mol. The van der Waals surface area contributed by atoms with Gasteiger partial charge in [-0.2, -0.15) is 0 Å². The molecule has 0 aliphatic carbocycles. The number of aryl methyl sites for hydroxylation is 1. The van der Waals surface area contributed by atoms with Crippen LogP contribution in [-0.2, 0) is 14.2 Å². The van der Waals surface area contributed by atoms with Crippen molar-refractivity contribution in [3.63, 3.8) is 0 Å². The van der Waals surface area contributed by atoms with Crippen molar-refractivity contribution in [2.24, 2.45) is 4.99 Å². The van der Waals surface area contributed by atoms with Crippen molar-refractivity contribution >= 4 is 5.90 Å². The molecule has 3 atom stereocenters. The summed E-state index contributed by atoms with van der Waals surface area (Å²) in [6.07, 6.45) is 5.92. The molecule has 4 nitrogen and oxygen atoms in total. The molecule has 0 amide bonds. The highest BCUT2D eigenvalue weighted by molar-refractivity contribution is 5.73. The van der Waals surface area contributed by atoms with E-state index in [9.17, 15) is 0 Å². The Morgan fingerprint density at radius 2 is 1.96 bits per heavy atom. The van der Waals surface area contributed by atoms with E-state index in [1.165, 1.54) is 5.56 Å². The number of aliphatic imine (C=N–C) groups is 1. The van der Waals surface area contributed by atoms with E-state index in [0.717, 1.165) is 18.4 Å². The molecule has 140 valence electrons. The van der Waals surface area contributed by atoms with Crippen molar-refractivity contribution in [3.8, 4) is 0 Å². The molecule has 0 spiro atoms. The van der Waals surface area contributed by atoms with E-state index in [1.807, 2.05) is 32.9 Å². The first-order chi connectivity index (χ1) is 12.0. The quantitative estimate of drug-likeness (QED) is 0.252. The third kappa shape index (κ3) is 7.84. The van der Waals surface area contributed by atoms with Gasteiger partial charge in [-0.1, -0.05) is 36.4 Å². The van der Waals surface area contributed by atoms with Crippen LogP contribution in [0, 0.1) is 6.92 Å². The van der Waals surface area contributed by atoms with E-state index in [0.29, 0.717) is 5.90 Å². The maximum atomic E-state index is 6.05. The van der Waals surface area contributed by atoms with Gasteiger partial charge >= 0.3 is 0 Å². The molecular formula is C21H33NO3. The Hall–Kier alpha value is -1.65. The second kappa shape index (κ2) is 11.8. The Morgan fingerprint density at radius 1 is 1.24 bits per heavy atom. The van der Waals surface area contributed by atoms with Crippen LogP contribution in [0.5, 0.6) is 0 Å². The number of hydrogen-bond donors (Lipinski definition) is 0. The highest BCUT2D eigenvalue weighted by atomic mass is 16.7. The lowest BCUT2D eigenvalue weighted by Crippen LogP contribution is -2.25. The minimum Gasteiger partial charge on any atom is -0.475 e. The minimum atomic E-state index is -0.204. The first-order valence-electron chi connectivity index (χ1n) is 8.97. The highest BCUT2D eigenvalue weighted by Gasteiger charge is 2.23. The first-order valence-corrected chi connectivity index (χ1v) is 8.97. The van der Waals surface area contributed by atoms with Gasteiger partial charge < -0.3 is 14.2 Å². The van der Waals surface area contributed by atoms with Gasteiger partial charge in [-0.3, -0.25) is 4.99 Å². The lowest BCUT2D eigenvalue weighted by atomic mass is 10.00. The van der Waals surface area contributed by atoms with E-state index in [2.05, 4.69) is 43.1 Å². The van der Waals surface area contributed by atoms with Gasteiger partial charge in [-0.05, 0) is 51.7 Å². The molecule has 1 aromatic rings. The number of hydrogen-bond acceptors (Lipinski definition) is 4. The fraction of sp³-hybridized carbons (Fsp3) is 0.571. The summed E-state index contributed by atoms with van der Waals surface area (Å²) in [5.41, 5.74) is 2.29. The van der Waals surface area contributed by atoms with Crippen molar-refractivity contribution in [1.82, 2.24) is 0 Å². The Balaban J connectivity index is 2.77. The number of methoxy groups -OCH3 is 1. The van der Waals surface area contributed by atoms with Crippen LogP contribution in [0.4, 0.5) is 0 Å². The smallest absolute Gasteiger partial charge is 0.180 e. The number of nitrogens with zero attached hydrogens (tertiary/aromatic N) is 1. The summed E-state index contributed by atoms with van der Waals surface area (Å²) < 4.78 is 17.0. The molecule has 0 fully saturated rings. The first kappa shape index (κ1) is 21.4. The monoisotopic (exact) mass is 347 g/mol. The lowest BCUT2D eigenvalue weighted by molar-refractivity contribution is -0.108. The molecule has 0 N–H and O–H groups in total. The molecule has 0 saturated carbocycles. The van der Waals surface area contributed by atoms with Gasteiger partial charge in [-0.25, -0.2) is 0 Å². The van der Waals surface area contributed by atoms with Crippen molar-refractivity contribution < 1.29 is 14.2 Å². The fourth-order valence-electron chi connectivity index (χ4n) is 2.77. The topological polar surface area (TPSA) is 40.0 Å². The highest BCUT2D eigenvalue weighted by Crippen LogP contribution is 2.26. The summed E-state index contributed by atoms with van der Waals surface area (Å²) in [7, 11) is 1.62. The second-order valence-corrected chi connectivity index (χ2v) is 6.32. The minimum absolute atomic E-state index is 0.164. The molecule has 1 aromatic carbocycles. The largest absolute Gasteiger partial charge is 0.475 e. The summed E-state index contributed by atoms with van der Waals surface area (Å²) in [5.74, 6) is 0.695. The van der Waals surface area contributed by atoms with Crippen LogP contribution in [-0.4, -0.2) is 31.9 Å². The molecule has 4 heteroatoms. The van der Waals surface area contributed by atoms with Gasteiger partial charge in [0.1, 0.15) is 19.0 Å². The zero-order valence-electron chi connectivity index (χ0n) is 16.5. The zero-order valence-corrected chi connectivity index (χ0v) is 16.5. The molecule has 0 aliphatic rings. The third-order valence-corrected chi connectivity index (χ3v) is 4.03. The van der Waals surface area contributed by atoms with Gasteiger partial charge in [0.15, 0.2) is 5.90 Å². The molecule has 0 aliphatic heterocycles. The predicted molar refractivity (Wildman–Crippen MR) is 104 cm³/mol. The summed E-state index contributed by atoms with van der Waals surface area (Å²) in [4.78, 5) is 4.64. The summed E-state index contributed by atoms with van der Waals surface area (Å²) in [6, 6.07) is 8.43. The average molecular weight is 347 g/mol. The third-order valence-electron chi connectivity index (χ3n) is 4.03. The maximum Gasteiger partial charge on any atom is 0.180 e. The Morgan fingerprint density at radius 3 is 2.60 bits per heavy atom. The fourth-order valence-corrected chi connectivity index (χ4v) is 2.77. The normalized spacial score (nSPS) is 16.0. The van der Waals surface area contributed by atoms with Gasteiger partial charge in [0.2, 0.25) is 0 Å². The van der Waals surface area contributed by atoms with Gasteiger partial charge in [-0.15, -0.1) is 0 Å². The molecule has 0 heterocycles. The molecule has 0 aromatic heterocycles. The predicted octanol–water partition coefficient (Wildman–Crippen LogP) is 5.22. The van der Waals surface area contributed by atoms with Crippen molar-refractivity contribution in [2.75, 3.05) is 13.9 Å². The van der Waals surface area contributed by atoms with Crippen molar-refractivity contribution in [3.05, 3.63) is 47.5 Å². The molecule has 0 bridgehead atoms. The summed E-state index contributed by atoms with van der Waals surface area (Å²) in [6.45, 7) is 10.4. The lowest BCUT2D eigenvalue weighted by Gasteiger charge is -2.26. The van der Waals surface area contributed by atoms with Crippen LogP contribution in [0.25, 0.3) is 0 Å². The molecule has 0 radical (unpaired) electrons. The van der Waals surface area contributed by atoms with E-state index in [1.54, 1.807) is 7.11 Å². The van der Waals surface area contributed by atoms with Crippen molar-refractivity contribution in [1.29, 1.82) is 0 Å². The Kier molecular flexibility index (Phi) is 10.1. The van der Waals surface area contributed by atoms with Gasteiger partial charge in [0, 0.05) is 14.0 Å². The van der Waals surface area contributed by atoms with E-state index in [-0.39, 0.29) is 25.0 Å². The average Bonchev–Trinajstić information content (AvgIpc) is 2.56. The SMILES string of the molecule is CC=CCCC(C)N=C(C)OC(C)C(OCOC)c1ccccc1C. The number of rotatable bonds is 10. The zero-order chi connectivity index (χ0) is 18.7. The van der Waals surface area contributed by atoms with E-state index in [4.69, 9.17) is 14.2 Å². The van der Waals surface area contributed by atoms with Crippen LogP contribution < -0.4 is 0 Å². The molecule has 25 heavy (non-hydrogen) atoms. The van der Waals surface area contributed by atoms with E-state index >= 15 is 0 Å².